The molecule has 1 heterocycles. The molecule has 7 nitrogen and oxygen atoms in total. The fraction of sp³-hybridized carbons (Fsp3) is 0.130. The molecule has 0 saturated heterocycles. The van der Waals surface area contributed by atoms with Gasteiger partial charge in [0.2, 0.25) is 0 Å². The molecular formula is C23H17BrN2O5. The van der Waals surface area contributed by atoms with Crippen LogP contribution in [0.25, 0.3) is 0 Å². The van der Waals surface area contributed by atoms with Gasteiger partial charge in [-0.25, -0.2) is 0 Å². The molecule has 3 aromatic rings. The number of rotatable bonds is 6. The molecule has 31 heavy (non-hydrogen) atoms. The van der Waals surface area contributed by atoms with Gasteiger partial charge >= 0.3 is 0 Å². The van der Waals surface area contributed by atoms with Crippen LogP contribution in [0.1, 0.15) is 27.9 Å². The van der Waals surface area contributed by atoms with Gasteiger partial charge in [0, 0.05) is 27.7 Å². The van der Waals surface area contributed by atoms with E-state index in [0.717, 1.165) is 11.6 Å². The van der Waals surface area contributed by atoms with Crippen LogP contribution in [0.2, 0.25) is 0 Å². The van der Waals surface area contributed by atoms with Gasteiger partial charge < -0.3 is 10.0 Å². The van der Waals surface area contributed by atoms with Gasteiger partial charge in [-0.1, -0.05) is 58.4 Å². The highest BCUT2D eigenvalue weighted by Crippen LogP contribution is 2.44. The van der Waals surface area contributed by atoms with Crippen LogP contribution < -0.4 is 4.90 Å². The van der Waals surface area contributed by atoms with Crippen LogP contribution in [0.4, 0.5) is 11.4 Å². The molecule has 3 aromatic carbocycles. The summed E-state index contributed by atoms with van der Waals surface area (Å²) in [6, 6.07) is 19.7. The number of ketones is 1. The summed E-state index contributed by atoms with van der Waals surface area (Å²) in [6.45, 7) is 0.238. The van der Waals surface area contributed by atoms with Gasteiger partial charge in [0.25, 0.3) is 11.6 Å². The summed E-state index contributed by atoms with van der Waals surface area (Å²) < 4.78 is 0.654. The molecule has 156 valence electrons. The highest BCUT2D eigenvalue weighted by Gasteiger charge is 2.51. The first kappa shape index (κ1) is 20.9. The van der Waals surface area contributed by atoms with Gasteiger partial charge in [-0.15, -0.1) is 0 Å². The zero-order chi connectivity index (χ0) is 22.2. The number of amides is 1. The van der Waals surface area contributed by atoms with Crippen LogP contribution in [-0.4, -0.2) is 21.7 Å². The Morgan fingerprint density at radius 3 is 2.52 bits per heavy atom. The topological polar surface area (TPSA) is 101 Å². The summed E-state index contributed by atoms with van der Waals surface area (Å²) in [5.41, 5.74) is -0.528. The van der Waals surface area contributed by atoms with Crippen molar-refractivity contribution < 1.29 is 19.6 Å². The third kappa shape index (κ3) is 3.87. The summed E-state index contributed by atoms with van der Waals surface area (Å²) in [6.07, 6.45) is -0.526. The van der Waals surface area contributed by atoms with Gasteiger partial charge in [-0.2, -0.15) is 0 Å². The number of hydrogen-bond donors (Lipinski definition) is 1. The van der Waals surface area contributed by atoms with Crippen molar-refractivity contribution in [3.8, 4) is 0 Å². The summed E-state index contributed by atoms with van der Waals surface area (Å²) in [7, 11) is 0. The van der Waals surface area contributed by atoms with Gasteiger partial charge in [0.1, 0.15) is 0 Å². The Bertz CT molecular complexity index is 1200. The first-order chi connectivity index (χ1) is 14.8. The van der Waals surface area contributed by atoms with E-state index in [0.29, 0.717) is 15.7 Å². The van der Waals surface area contributed by atoms with Crippen molar-refractivity contribution in [2.24, 2.45) is 0 Å². The van der Waals surface area contributed by atoms with E-state index in [-0.39, 0.29) is 17.8 Å². The van der Waals surface area contributed by atoms with Crippen LogP contribution >= 0.6 is 15.9 Å². The quantitative estimate of drug-likeness (QED) is 0.320. The molecule has 0 fully saturated rings. The Balaban J connectivity index is 1.70. The van der Waals surface area contributed by atoms with E-state index in [2.05, 4.69) is 15.9 Å². The van der Waals surface area contributed by atoms with Gasteiger partial charge in [0.15, 0.2) is 11.4 Å². The number of non-ortho nitro benzene ring substituents is 1. The van der Waals surface area contributed by atoms with E-state index in [9.17, 15) is 24.8 Å². The number of fused-ring (bicyclic) bond motifs is 1. The Kier molecular flexibility index (Phi) is 5.43. The Labute approximate surface area is 186 Å². The lowest BCUT2D eigenvalue weighted by Crippen LogP contribution is -2.41. The molecule has 4 rings (SSSR count). The second-order valence-electron chi connectivity index (χ2n) is 7.31. The Morgan fingerprint density at radius 1 is 1.06 bits per heavy atom. The summed E-state index contributed by atoms with van der Waals surface area (Å²) in [5, 5.41) is 22.5. The molecule has 0 aromatic heterocycles. The highest BCUT2D eigenvalue weighted by atomic mass is 79.9. The molecule has 0 bridgehead atoms. The van der Waals surface area contributed by atoms with Crippen molar-refractivity contribution >= 4 is 39.0 Å². The molecule has 0 saturated carbocycles. The minimum atomic E-state index is -2.07. The lowest BCUT2D eigenvalue weighted by molar-refractivity contribution is -0.384. The van der Waals surface area contributed by atoms with E-state index in [1.807, 2.05) is 30.3 Å². The Morgan fingerprint density at radius 2 is 1.81 bits per heavy atom. The third-order valence-electron chi connectivity index (χ3n) is 5.27. The summed E-state index contributed by atoms with van der Waals surface area (Å²) >= 11 is 3.36. The molecule has 1 aliphatic heterocycles. The van der Waals surface area contributed by atoms with E-state index >= 15 is 0 Å². The molecule has 0 aliphatic carbocycles. The number of nitro groups is 1. The first-order valence-electron chi connectivity index (χ1n) is 9.45. The average molecular weight is 481 g/mol. The van der Waals surface area contributed by atoms with E-state index in [1.165, 1.54) is 23.1 Å². The molecule has 1 unspecified atom stereocenters. The number of carbonyl (C=O) groups is 2. The van der Waals surface area contributed by atoms with Gasteiger partial charge in [-0.05, 0) is 23.8 Å². The molecular weight excluding hydrogens is 464 g/mol. The molecule has 1 N–H and O–H groups in total. The maximum Gasteiger partial charge on any atom is 0.270 e. The smallest absolute Gasteiger partial charge is 0.270 e. The van der Waals surface area contributed by atoms with E-state index < -0.39 is 28.6 Å². The SMILES string of the molecule is O=C(CC1(O)C(=O)N(Cc2ccccc2)c2ccc(Br)cc21)c1cccc([N+](=O)[O-])c1. The van der Waals surface area contributed by atoms with Crippen molar-refractivity contribution in [3.05, 3.63) is 104 Å². The second-order valence-corrected chi connectivity index (χ2v) is 8.22. The number of nitro benzene ring substituents is 1. The molecule has 1 aliphatic rings. The number of benzene rings is 3. The standard InChI is InChI=1S/C23H17BrN2O5/c24-17-9-10-20-19(12-17)23(29,22(28)25(20)14-15-5-2-1-3-6-15)13-21(27)16-7-4-8-18(11-16)26(30)31/h1-12,29H,13-14H2. The predicted molar refractivity (Wildman–Crippen MR) is 118 cm³/mol. The summed E-state index contributed by atoms with van der Waals surface area (Å²) in [4.78, 5) is 38.2. The first-order valence-corrected chi connectivity index (χ1v) is 10.2. The maximum atomic E-state index is 13.3. The van der Waals surface area contributed by atoms with Gasteiger partial charge in [0.05, 0.1) is 23.6 Å². The highest BCUT2D eigenvalue weighted by molar-refractivity contribution is 9.10. The zero-order valence-corrected chi connectivity index (χ0v) is 17.8. The number of halogens is 1. The molecule has 1 atom stereocenters. The zero-order valence-electron chi connectivity index (χ0n) is 16.2. The van der Waals surface area contributed by atoms with Crippen LogP contribution in [0.5, 0.6) is 0 Å². The van der Waals surface area contributed by atoms with Crippen LogP contribution in [-0.2, 0) is 16.9 Å². The number of Topliss-reactive ketones (excluding diaryl/α,β-unsaturated/α-hetero) is 1. The number of carbonyl (C=O) groups excluding carboxylic acids is 2. The molecule has 0 spiro atoms. The van der Waals surface area contributed by atoms with Crippen molar-refractivity contribution in [3.63, 3.8) is 0 Å². The minimum absolute atomic E-state index is 0.0634. The lowest BCUT2D eigenvalue weighted by atomic mass is 9.88. The van der Waals surface area contributed by atoms with Crippen LogP contribution in [0.15, 0.2) is 77.3 Å². The van der Waals surface area contributed by atoms with Crippen molar-refractivity contribution in [2.45, 2.75) is 18.6 Å². The van der Waals surface area contributed by atoms with E-state index in [1.54, 1.807) is 18.2 Å². The third-order valence-corrected chi connectivity index (χ3v) is 5.77. The molecule has 0 radical (unpaired) electrons. The second kappa shape index (κ2) is 8.05. The van der Waals surface area contributed by atoms with Crippen molar-refractivity contribution in [1.82, 2.24) is 0 Å². The fourth-order valence-corrected chi connectivity index (χ4v) is 4.10. The van der Waals surface area contributed by atoms with Crippen LogP contribution in [0, 0.1) is 10.1 Å². The summed E-state index contributed by atoms with van der Waals surface area (Å²) in [5.74, 6) is -1.17. The minimum Gasteiger partial charge on any atom is -0.375 e. The molecule has 1 amide bonds. The van der Waals surface area contributed by atoms with Crippen molar-refractivity contribution in [1.29, 1.82) is 0 Å². The number of hydrogen-bond acceptors (Lipinski definition) is 5. The lowest BCUT2D eigenvalue weighted by Gasteiger charge is -2.23. The number of nitrogens with zero attached hydrogens (tertiary/aromatic N) is 2. The Hall–Kier alpha value is -3.36. The van der Waals surface area contributed by atoms with Crippen molar-refractivity contribution in [2.75, 3.05) is 4.90 Å². The molecule has 8 heteroatoms. The van der Waals surface area contributed by atoms with E-state index in [4.69, 9.17) is 0 Å². The van der Waals surface area contributed by atoms with Gasteiger partial charge in [-0.3, -0.25) is 19.7 Å². The predicted octanol–water partition coefficient (Wildman–Crippen LogP) is 4.36. The average Bonchev–Trinajstić information content (AvgIpc) is 2.96. The van der Waals surface area contributed by atoms with Crippen LogP contribution in [0.3, 0.4) is 0 Å². The monoisotopic (exact) mass is 480 g/mol. The fourth-order valence-electron chi connectivity index (χ4n) is 3.74. The maximum absolute atomic E-state index is 13.3. The largest absolute Gasteiger partial charge is 0.375 e. The normalized spacial score (nSPS) is 17.5. The number of aliphatic hydroxyl groups is 1. The number of anilines is 1.